The number of methoxy groups -OCH3 is 1. The van der Waals surface area contributed by atoms with Crippen LogP contribution in [0.1, 0.15) is 12.5 Å². The van der Waals surface area contributed by atoms with Gasteiger partial charge in [-0.05, 0) is 48.9 Å². The Bertz CT molecular complexity index is 1010. The summed E-state index contributed by atoms with van der Waals surface area (Å²) in [5.74, 6) is 1.24. The molecule has 1 aromatic heterocycles. The minimum Gasteiger partial charge on any atom is -1.00 e. The Morgan fingerprint density at radius 1 is 1.13 bits per heavy atom. The van der Waals surface area contributed by atoms with Gasteiger partial charge < -0.3 is 31.4 Å². The molecule has 7 nitrogen and oxygen atoms in total. The first kappa shape index (κ1) is 24.1. The van der Waals surface area contributed by atoms with Crippen molar-refractivity contribution in [1.29, 1.82) is 0 Å². The summed E-state index contributed by atoms with van der Waals surface area (Å²) in [5, 5.41) is 4.62. The number of hydrogen-bond acceptors (Lipinski definition) is 5. The van der Waals surface area contributed by atoms with Gasteiger partial charge in [0.25, 0.3) is 0 Å². The number of carbonyl (C=O) groups excluding carboxylic acids is 1. The summed E-state index contributed by atoms with van der Waals surface area (Å²) >= 11 is 0. The highest BCUT2D eigenvalue weighted by Crippen LogP contribution is 2.20. The summed E-state index contributed by atoms with van der Waals surface area (Å²) in [5.41, 5.74) is 3.01. The second-order valence-corrected chi connectivity index (χ2v) is 6.86. The minimum atomic E-state index is -0.293. The van der Waals surface area contributed by atoms with Crippen LogP contribution in [-0.4, -0.2) is 44.6 Å². The number of imidazole rings is 1. The van der Waals surface area contributed by atoms with Gasteiger partial charge in [0.05, 0.1) is 25.5 Å². The maximum atomic E-state index is 12.1. The van der Waals surface area contributed by atoms with Gasteiger partial charge in [-0.15, -0.1) is 4.68 Å². The third kappa shape index (κ3) is 6.18. The molecule has 0 N–H and O–H groups in total. The topological polar surface area (TPSA) is 59.9 Å². The Balaban J connectivity index is 0.00000341. The van der Waals surface area contributed by atoms with Crippen molar-refractivity contribution in [2.24, 2.45) is 5.10 Å². The van der Waals surface area contributed by atoms with Crippen molar-refractivity contribution < 1.29 is 35.9 Å². The Hall–Kier alpha value is -3.13. The fraction of sp³-hybridized carbons (Fsp3) is 0.261. The number of nitrogens with zero attached hydrogens (tertiary/aromatic N) is 4. The van der Waals surface area contributed by atoms with Crippen LogP contribution in [0.2, 0.25) is 0 Å². The standard InChI is InChI=1S/C23H27N4O3.BrH/c1-5-30-22(28)17-26-14-15-27(23(26)19-8-12-21(29-4)13-9-19)24-16-18-6-10-20(11-7-18)25(2)3;/h6-16H,5,17H2,1-4H3;1H/q+1;/p-1. The maximum absolute atomic E-state index is 12.1. The first-order chi connectivity index (χ1) is 14.5. The van der Waals surface area contributed by atoms with E-state index >= 15 is 0 Å². The molecule has 2 aromatic carbocycles. The van der Waals surface area contributed by atoms with Crippen LogP contribution in [0.25, 0.3) is 11.4 Å². The SMILES string of the molecule is CCOC(=O)Cn1cc[n+](N=Cc2ccc(N(C)C)cc2)c1-c1ccc(OC)cc1.[Br-]. The van der Waals surface area contributed by atoms with E-state index in [0.29, 0.717) is 6.61 Å². The zero-order chi connectivity index (χ0) is 21.5. The Morgan fingerprint density at radius 3 is 2.39 bits per heavy atom. The highest BCUT2D eigenvalue weighted by molar-refractivity contribution is 5.79. The van der Waals surface area contributed by atoms with Crippen LogP contribution >= 0.6 is 0 Å². The van der Waals surface area contributed by atoms with Gasteiger partial charge in [-0.3, -0.25) is 0 Å². The number of ether oxygens (including phenoxy) is 2. The number of hydrogen-bond donors (Lipinski definition) is 0. The number of esters is 1. The summed E-state index contributed by atoms with van der Waals surface area (Å²) in [6, 6.07) is 15.8. The van der Waals surface area contributed by atoms with Crippen molar-refractivity contribution in [3.8, 4) is 17.1 Å². The van der Waals surface area contributed by atoms with E-state index in [0.717, 1.165) is 28.4 Å². The van der Waals surface area contributed by atoms with Crippen LogP contribution in [0.15, 0.2) is 66.0 Å². The van der Waals surface area contributed by atoms with Crippen LogP contribution in [-0.2, 0) is 16.1 Å². The lowest BCUT2D eigenvalue weighted by Crippen LogP contribution is -3.00. The molecule has 3 aromatic rings. The molecule has 0 saturated carbocycles. The van der Waals surface area contributed by atoms with Crippen LogP contribution < -0.4 is 31.3 Å². The summed E-state index contributed by atoms with van der Waals surface area (Å²) in [6.07, 6.45) is 5.44. The third-order valence-corrected chi connectivity index (χ3v) is 4.57. The molecule has 0 bridgehead atoms. The average molecular weight is 487 g/mol. The Kier molecular flexibility index (Phi) is 8.81. The summed E-state index contributed by atoms with van der Waals surface area (Å²) in [7, 11) is 5.64. The normalized spacial score (nSPS) is 10.6. The average Bonchev–Trinajstić information content (AvgIpc) is 3.15. The van der Waals surface area contributed by atoms with Crippen molar-refractivity contribution in [3.63, 3.8) is 0 Å². The highest BCUT2D eigenvalue weighted by atomic mass is 79.9. The largest absolute Gasteiger partial charge is 1.00 e. The molecular weight excluding hydrogens is 460 g/mol. The van der Waals surface area contributed by atoms with Gasteiger partial charge in [0.15, 0.2) is 12.7 Å². The van der Waals surface area contributed by atoms with E-state index in [1.807, 2.05) is 84.5 Å². The Morgan fingerprint density at radius 2 is 1.81 bits per heavy atom. The molecule has 0 fully saturated rings. The van der Waals surface area contributed by atoms with Gasteiger partial charge in [0.1, 0.15) is 11.9 Å². The molecule has 0 amide bonds. The van der Waals surface area contributed by atoms with Gasteiger partial charge in [-0.1, -0.05) is 17.2 Å². The number of carbonyl (C=O) groups is 1. The van der Waals surface area contributed by atoms with Gasteiger partial charge in [-0.2, -0.15) is 0 Å². The number of halogens is 1. The number of aromatic nitrogens is 2. The summed E-state index contributed by atoms with van der Waals surface area (Å²) in [6.45, 7) is 2.25. The third-order valence-electron chi connectivity index (χ3n) is 4.57. The van der Waals surface area contributed by atoms with Gasteiger partial charge in [-0.25, -0.2) is 9.36 Å². The zero-order valence-electron chi connectivity index (χ0n) is 18.2. The van der Waals surface area contributed by atoms with E-state index in [-0.39, 0.29) is 29.5 Å². The number of anilines is 1. The van der Waals surface area contributed by atoms with E-state index in [4.69, 9.17) is 9.47 Å². The highest BCUT2D eigenvalue weighted by Gasteiger charge is 2.22. The first-order valence-electron chi connectivity index (χ1n) is 9.74. The van der Waals surface area contributed by atoms with E-state index < -0.39 is 0 Å². The molecular formula is C23H27BrN4O3. The number of benzene rings is 2. The molecule has 0 radical (unpaired) electrons. The molecule has 1 heterocycles. The van der Waals surface area contributed by atoms with E-state index in [9.17, 15) is 4.79 Å². The predicted molar refractivity (Wildman–Crippen MR) is 117 cm³/mol. The van der Waals surface area contributed by atoms with E-state index in [1.54, 1.807) is 24.9 Å². The number of rotatable bonds is 8. The second-order valence-electron chi connectivity index (χ2n) is 6.86. The maximum Gasteiger partial charge on any atom is 0.348 e. The van der Waals surface area contributed by atoms with Crippen LogP contribution in [0.3, 0.4) is 0 Å². The lowest BCUT2D eigenvalue weighted by molar-refractivity contribution is -0.666. The minimum absolute atomic E-state index is 0. The molecule has 0 aliphatic rings. The molecule has 0 saturated heterocycles. The van der Waals surface area contributed by atoms with Gasteiger partial charge in [0, 0.05) is 19.8 Å². The second kappa shape index (κ2) is 11.3. The van der Waals surface area contributed by atoms with Crippen molar-refractivity contribution in [1.82, 2.24) is 4.57 Å². The summed E-state index contributed by atoms with van der Waals surface area (Å²) < 4.78 is 13.9. The van der Waals surface area contributed by atoms with Crippen molar-refractivity contribution >= 4 is 17.9 Å². The van der Waals surface area contributed by atoms with E-state index in [1.165, 1.54) is 0 Å². The van der Waals surface area contributed by atoms with Gasteiger partial charge >= 0.3 is 11.8 Å². The molecule has 31 heavy (non-hydrogen) atoms. The molecule has 0 spiro atoms. The van der Waals surface area contributed by atoms with E-state index in [2.05, 4.69) is 5.10 Å². The van der Waals surface area contributed by atoms with Crippen molar-refractivity contribution in [2.75, 3.05) is 32.7 Å². The molecule has 0 unspecified atom stereocenters. The molecule has 3 rings (SSSR count). The zero-order valence-corrected chi connectivity index (χ0v) is 19.7. The fourth-order valence-electron chi connectivity index (χ4n) is 3.01. The van der Waals surface area contributed by atoms with Gasteiger partial charge in [0.2, 0.25) is 0 Å². The fourth-order valence-corrected chi connectivity index (χ4v) is 3.01. The van der Waals surface area contributed by atoms with Crippen LogP contribution in [0, 0.1) is 0 Å². The molecule has 8 heteroatoms. The van der Waals surface area contributed by atoms with Crippen LogP contribution in [0.5, 0.6) is 5.75 Å². The monoisotopic (exact) mass is 486 g/mol. The summed E-state index contributed by atoms with van der Waals surface area (Å²) in [4.78, 5) is 14.1. The molecule has 164 valence electrons. The van der Waals surface area contributed by atoms with Crippen LogP contribution in [0.4, 0.5) is 5.69 Å². The van der Waals surface area contributed by atoms with Crippen molar-refractivity contribution in [2.45, 2.75) is 13.5 Å². The molecule has 0 atom stereocenters. The lowest BCUT2D eigenvalue weighted by atomic mass is 10.2. The lowest BCUT2D eigenvalue weighted by Gasteiger charge is -2.11. The molecule has 0 aliphatic heterocycles. The Labute approximate surface area is 193 Å². The smallest absolute Gasteiger partial charge is 0.348 e. The first-order valence-corrected chi connectivity index (χ1v) is 9.74. The quantitative estimate of drug-likeness (QED) is 0.255. The molecule has 0 aliphatic carbocycles. The predicted octanol–water partition coefficient (Wildman–Crippen LogP) is -0.0335. The van der Waals surface area contributed by atoms with Crippen molar-refractivity contribution in [3.05, 3.63) is 66.5 Å².